The molecule has 0 aliphatic heterocycles. The molecule has 0 bridgehead atoms. The molecule has 0 radical (unpaired) electrons. The van der Waals surface area contributed by atoms with Gasteiger partial charge in [-0.25, -0.2) is 0 Å². The van der Waals surface area contributed by atoms with Crippen molar-refractivity contribution in [1.29, 1.82) is 5.26 Å². The highest BCUT2D eigenvalue weighted by molar-refractivity contribution is 9.10. The summed E-state index contributed by atoms with van der Waals surface area (Å²) >= 11 is 3.44. The van der Waals surface area contributed by atoms with Crippen molar-refractivity contribution in [3.8, 4) is 6.07 Å². The van der Waals surface area contributed by atoms with Gasteiger partial charge in [-0.2, -0.15) is 5.26 Å². The summed E-state index contributed by atoms with van der Waals surface area (Å²) in [5.41, 5.74) is 7.09. The summed E-state index contributed by atoms with van der Waals surface area (Å²) in [5, 5.41) is 8.97. The van der Waals surface area contributed by atoms with Crippen LogP contribution in [0.3, 0.4) is 0 Å². The normalized spacial score (nSPS) is 17.1. The Kier molecular flexibility index (Phi) is 2.51. The summed E-state index contributed by atoms with van der Waals surface area (Å²) in [6.07, 6.45) is 4.81. The van der Waals surface area contributed by atoms with E-state index in [-0.39, 0.29) is 0 Å². The van der Waals surface area contributed by atoms with E-state index in [1.54, 1.807) is 6.07 Å². The first-order valence-electron chi connectivity index (χ1n) is 4.80. The molecule has 0 amide bonds. The van der Waals surface area contributed by atoms with E-state index in [1.165, 1.54) is 12.8 Å². The molecule has 2 rings (SSSR count). The van der Waals surface area contributed by atoms with E-state index in [0.717, 1.165) is 17.4 Å². The number of nitrogens with zero attached hydrogens (tertiary/aromatic N) is 2. The van der Waals surface area contributed by atoms with Crippen LogP contribution in [0.15, 0.2) is 10.7 Å². The molecular weight excluding hydrogens is 242 g/mol. The van der Waals surface area contributed by atoms with Crippen LogP contribution in [0.2, 0.25) is 0 Å². The number of nitrogens with two attached hydrogens (primary N) is 1. The van der Waals surface area contributed by atoms with Crippen molar-refractivity contribution in [1.82, 2.24) is 4.57 Å². The van der Waals surface area contributed by atoms with Gasteiger partial charge in [-0.05, 0) is 34.8 Å². The minimum atomic E-state index is 0.455. The molecule has 0 unspecified atom stereocenters. The fourth-order valence-corrected chi connectivity index (χ4v) is 2.72. The van der Waals surface area contributed by atoms with Crippen LogP contribution in [0.5, 0.6) is 0 Å². The van der Waals surface area contributed by atoms with Crippen molar-refractivity contribution in [2.24, 2.45) is 0 Å². The van der Waals surface area contributed by atoms with Crippen LogP contribution in [0.25, 0.3) is 0 Å². The third kappa shape index (κ3) is 1.42. The van der Waals surface area contributed by atoms with E-state index >= 15 is 0 Å². The largest absolute Gasteiger partial charge is 0.397 e. The number of halogens is 1. The number of nitriles is 1. The molecule has 0 spiro atoms. The Morgan fingerprint density at radius 2 is 2.14 bits per heavy atom. The topological polar surface area (TPSA) is 54.7 Å². The van der Waals surface area contributed by atoms with Gasteiger partial charge in [-0.1, -0.05) is 12.8 Å². The van der Waals surface area contributed by atoms with Gasteiger partial charge in [0.05, 0.1) is 5.69 Å². The summed E-state index contributed by atoms with van der Waals surface area (Å²) in [6, 6.07) is 4.38. The Morgan fingerprint density at radius 1 is 1.50 bits per heavy atom. The van der Waals surface area contributed by atoms with E-state index < -0.39 is 0 Å². The van der Waals surface area contributed by atoms with Gasteiger partial charge in [0.15, 0.2) is 0 Å². The highest BCUT2D eigenvalue weighted by atomic mass is 79.9. The molecule has 0 saturated heterocycles. The molecule has 14 heavy (non-hydrogen) atoms. The Labute approximate surface area is 91.6 Å². The predicted molar refractivity (Wildman–Crippen MR) is 58.8 cm³/mol. The van der Waals surface area contributed by atoms with Gasteiger partial charge in [-0.15, -0.1) is 0 Å². The number of nitrogen functional groups attached to an aromatic ring is 1. The molecule has 1 aliphatic carbocycles. The van der Waals surface area contributed by atoms with Crippen molar-refractivity contribution in [2.45, 2.75) is 31.7 Å². The molecule has 0 aromatic carbocycles. The van der Waals surface area contributed by atoms with Gasteiger partial charge in [0, 0.05) is 6.04 Å². The number of hydrogen-bond donors (Lipinski definition) is 1. The standard InChI is InChI=1S/C10H12BrN3/c11-10-9(13)5-8(6-12)14(10)7-3-1-2-4-7/h5,7H,1-4,13H2. The fraction of sp³-hybridized carbons (Fsp3) is 0.500. The second kappa shape index (κ2) is 3.66. The van der Waals surface area contributed by atoms with Gasteiger partial charge in [-0.3, -0.25) is 0 Å². The molecule has 1 heterocycles. The van der Waals surface area contributed by atoms with Crippen LogP contribution in [0.1, 0.15) is 37.4 Å². The van der Waals surface area contributed by atoms with Gasteiger partial charge in [0.25, 0.3) is 0 Å². The molecule has 0 atom stereocenters. The van der Waals surface area contributed by atoms with Gasteiger partial charge in [0.1, 0.15) is 16.4 Å². The zero-order valence-electron chi connectivity index (χ0n) is 7.83. The smallest absolute Gasteiger partial charge is 0.123 e. The third-order valence-electron chi connectivity index (χ3n) is 2.81. The summed E-state index contributed by atoms with van der Waals surface area (Å²) in [7, 11) is 0. The van der Waals surface area contributed by atoms with E-state index in [0.29, 0.717) is 17.4 Å². The lowest BCUT2D eigenvalue weighted by atomic mass is 10.2. The molecule has 1 aliphatic rings. The molecular formula is C10H12BrN3. The molecule has 1 saturated carbocycles. The van der Waals surface area contributed by atoms with Crippen LogP contribution < -0.4 is 5.73 Å². The van der Waals surface area contributed by atoms with Gasteiger partial charge in [0.2, 0.25) is 0 Å². The van der Waals surface area contributed by atoms with E-state index in [4.69, 9.17) is 11.0 Å². The lowest BCUT2D eigenvalue weighted by molar-refractivity contribution is 0.509. The van der Waals surface area contributed by atoms with Crippen LogP contribution in [-0.2, 0) is 0 Å². The quantitative estimate of drug-likeness (QED) is 0.837. The average Bonchev–Trinajstić information content (AvgIpc) is 2.76. The van der Waals surface area contributed by atoms with E-state index in [1.807, 2.05) is 4.57 Å². The maximum atomic E-state index is 8.97. The van der Waals surface area contributed by atoms with Gasteiger partial charge < -0.3 is 10.3 Å². The lowest BCUT2D eigenvalue weighted by Crippen LogP contribution is -2.07. The Bertz CT molecular complexity index is 383. The number of anilines is 1. The predicted octanol–water partition coefficient (Wildman–Crippen LogP) is 2.82. The number of rotatable bonds is 1. The lowest BCUT2D eigenvalue weighted by Gasteiger charge is -2.14. The highest BCUT2D eigenvalue weighted by Crippen LogP contribution is 2.36. The second-order valence-corrected chi connectivity index (χ2v) is 4.45. The number of aromatic nitrogens is 1. The van der Waals surface area contributed by atoms with Crippen molar-refractivity contribution >= 4 is 21.6 Å². The minimum absolute atomic E-state index is 0.455. The molecule has 1 aromatic rings. The summed E-state index contributed by atoms with van der Waals surface area (Å²) in [5.74, 6) is 0. The van der Waals surface area contributed by atoms with Crippen LogP contribution in [0.4, 0.5) is 5.69 Å². The van der Waals surface area contributed by atoms with Crippen LogP contribution in [0, 0.1) is 11.3 Å². The zero-order valence-corrected chi connectivity index (χ0v) is 9.42. The maximum Gasteiger partial charge on any atom is 0.123 e. The van der Waals surface area contributed by atoms with Crippen molar-refractivity contribution in [3.63, 3.8) is 0 Å². The Balaban J connectivity index is 2.44. The molecule has 2 N–H and O–H groups in total. The fourth-order valence-electron chi connectivity index (χ4n) is 2.13. The van der Waals surface area contributed by atoms with E-state index in [9.17, 15) is 0 Å². The average molecular weight is 254 g/mol. The summed E-state index contributed by atoms with van der Waals surface area (Å²) in [6.45, 7) is 0. The van der Waals surface area contributed by atoms with Crippen LogP contribution >= 0.6 is 15.9 Å². The first-order valence-corrected chi connectivity index (χ1v) is 5.59. The maximum absolute atomic E-state index is 8.97. The zero-order chi connectivity index (χ0) is 10.1. The first kappa shape index (κ1) is 9.60. The Morgan fingerprint density at radius 3 is 2.71 bits per heavy atom. The van der Waals surface area contributed by atoms with Crippen molar-refractivity contribution in [2.75, 3.05) is 5.73 Å². The molecule has 74 valence electrons. The molecule has 1 aromatic heterocycles. The van der Waals surface area contributed by atoms with E-state index in [2.05, 4.69) is 22.0 Å². The summed E-state index contributed by atoms with van der Waals surface area (Å²) < 4.78 is 2.89. The van der Waals surface area contributed by atoms with Crippen LogP contribution in [-0.4, -0.2) is 4.57 Å². The second-order valence-electron chi connectivity index (χ2n) is 3.70. The van der Waals surface area contributed by atoms with Crippen molar-refractivity contribution in [3.05, 3.63) is 16.4 Å². The minimum Gasteiger partial charge on any atom is -0.397 e. The Hall–Kier alpha value is -0.950. The summed E-state index contributed by atoms with van der Waals surface area (Å²) in [4.78, 5) is 0. The SMILES string of the molecule is N#Cc1cc(N)c(Br)n1C1CCCC1. The molecule has 4 heteroatoms. The van der Waals surface area contributed by atoms with Gasteiger partial charge >= 0.3 is 0 Å². The highest BCUT2D eigenvalue weighted by Gasteiger charge is 2.22. The monoisotopic (exact) mass is 253 g/mol. The number of hydrogen-bond acceptors (Lipinski definition) is 2. The molecule has 3 nitrogen and oxygen atoms in total. The molecule has 1 fully saturated rings. The van der Waals surface area contributed by atoms with Crippen molar-refractivity contribution < 1.29 is 0 Å². The first-order chi connectivity index (χ1) is 6.74. The third-order valence-corrected chi connectivity index (χ3v) is 3.65.